The van der Waals surface area contributed by atoms with Gasteiger partial charge in [0.15, 0.2) is 0 Å². The normalized spacial score (nSPS) is 18.4. The molecule has 1 N–H and O–H groups in total. The summed E-state index contributed by atoms with van der Waals surface area (Å²) in [4.78, 5) is 25.2. The van der Waals surface area contributed by atoms with E-state index in [0.29, 0.717) is 0 Å². The lowest BCUT2D eigenvalue weighted by Crippen LogP contribution is -2.49. The third-order valence-corrected chi connectivity index (χ3v) is 9.13. The van der Waals surface area contributed by atoms with Gasteiger partial charge in [0.2, 0.25) is 0 Å². The van der Waals surface area contributed by atoms with E-state index in [-0.39, 0.29) is 5.91 Å². The highest BCUT2D eigenvalue weighted by atomic mass is 35.5. The summed E-state index contributed by atoms with van der Waals surface area (Å²) < 4.78 is 0. The quantitative estimate of drug-likeness (QED) is 0.376. The molecule has 1 aromatic heterocycles. The maximum Gasteiger partial charge on any atom is 0.253 e. The fourth-order valence-corrected chi connectivity index (χ4v) is 6.68. The van der Waals surface area contributed by atoms with E-state index >= 15 is 0 Å². The van der Waals surface area contributed by atoms with Crippen LogP contribution >= 0.6 is 11.6 Å². The number of nitrogens with one attached hydrogen (secondary N) is 1. The van der Waals surface area contributed by atoms with E-state index in [1.165, 1.54) is 49.8 Å². The lowest BCUT2D eigenvalue weighted by molar-refractivity contribution is 0.0606. The first kappa shape index (κ1) is 27.1. The minimum Gasteiger partial charge on any atom is -0.367 e. The number of carbonyl (C=O) groups is 1. The zero-order chi connectivity index (χ0) is 27.5. The van der Waals surface area contributed by atoms with Gasteiger partial charge in [-0.2, -0.15) is 0 Å². The molecule has 0 bridgehead atoms. The molecule has 0 radical (unpaired) electrons. The van der Waals surface area contributed by atoms with Gasteiger partial charge >= 0.3 is 0 Å². The van der Waals surface area contributed by atoms with Crippen molar-refractivity contribution < 1.29 is 4.79 Å². The molecule has 0 spiro atoms. The Kier molecular flexibility index (Phi) is 8.26. The molecule has 1 aliphatic carbocycles. The van der Waals surface area contributed by atoms with Crippen LogP contribution in [0.1, 0.15) is 53.6 Å². The SMILES string of the molecule is Cc1ccc(Cl)cc1CN1CCNc2ncc(-c3cccc(C(=O)N4CCN(CC5CCCCC5)CC4)c3)cc21. The third-order valence-electron chi connectivity index (χ3n) is 8.90. The van der Waals surface area contributed by atoms with E-state index < -0.39 is 0 Å². The van der Waals surface area contributed by atoms with E-state index in [0.717, 1.165) is 84.9 Å². The number of aryl methyl sites for hydroxylation is 1. The number of rotatable bonds is 6. The highest BCUT2D eigenvalue weighted by molar-refractivity contribution is 6.30. The van der Waals surface area contributed by atoms with Crippen LogP contribution in [0.5, 0.6) is 0 Å². The zero-order valence-corrected chi connectivity index (χ0v) is 24.3. The smallest absolute Gasteiger partial charge is 0.253 e. The molecule has 1 saturated carbocycles. The molecule has 2 aromatic carbocycles. The van der Waals surface area contributed by atoms with Gasteiger partial charge in [-0.3, -0.25) is 9.69 Å². The van der Waals surface area contributed by atoms with Gasteiger partial charge < -0.3 is 15.1 Å². The van der Waals surface area contributed by atoms with Crippen molar-refractivity contribution in [2.45, 2.75) is 45.6 Å². The number of fused-ring (bicyclic) bond motifs is 1. The highest BCUT2D eigenvalue weighted by Crippen LogP contribution is 2.34. The molecule has 3 aromatic rings. The summed E-state index contributed by atoms with van der Waals surface area (Å²) in [5.41, 5.74) is 6.31. The van der Waals surface area contributed by atoms with E-state index in [2.05, 4.69) is 46.3 Å². The fourth-order valence-electron chi connectivity index (χ4n) is 6.48. The number of carbonyl (C=O) groups excluding carboxylic acids is 1. The Morgan fingerprint density at radius 2 is 1.80 bits per heavy atom. The molecule has 0 unspecified atom stereocenters. The van der Waals surface area contributed by atoms with Crippen molar-refractivity contribution in [1.82, 2.24) is 14.8 Å². The molecule has 1 saturated heterocycles. The topological polar surface area (TPSA) is 51.7 Å². The van der Waals surface area contributed by atoms with Crippen molar-refractivity contribution in [3.05, 3.63) is 76.4 Å². The van der Waals surface area contributed by atoms with Crippen molar-refractivity contribution in [2.24, 2.45) is 5.92 Å². The molecule has 2 fully saturated rings. The van der Waals surface area contributed by atoms with Crippen molar-refractivity contribution >= 4 is 29.0 Å². The highest BCUT2D eigenvalue weighted by Gasteiger charge is 2.25. The number of nitrogens with zero attached hydrogens (tertiary/aromatic N) is 4. The van der Waals surface area contributed by atoms with Crippen molar-refractivity contribution in [2.75, 3.05) is 56.0 Å². The molecule has 3 aliphatic rings. The average Bonchev–Trinajstić information content (AvgIpc) is 2.99. The molecule has 2 aliphatic heterocycles. The summed E-state index contributed by atoms with van der Waals surface area (Å²) in [7, 11) is 0. The van der Waals surface area contributed by atoms with Crippen LogP contribution in [0, 0.1) is 12.8 Å². The van der Waals surface area contributed by atoms with Gasteiger partial charge in [0.25, 0.3) is 5.91 Å². The Bertz CT molecular complexity index is 1350. The first-order valence-corrected chi connectivity index (χ1v) is 15.3. The molecule has 3 heterocycles. The number of hydrogen-bond acceptors (Lipinski definition) is 5. The first-order valence-electron chi connectivity index (χ1n) is 14.9. The van der Waals surface area contributed by atoms with Crippen LogP contribution in [0.15, 0.2) is 54.7 Å². The Morgan fingerprint density at radius 3 is 2.62 bits per heavy atom. The van der Waals surface area contributed by atoms with Gasteiger partial charge in [0.1, 0.15) is 5.82 Å². The lowest BCUT2D eigenvalue weighted by atomic mass is 9.89. The molecule has 210 valence electrons. The summed E-state index contributed by atoms with van der Waals surface area (Å²) >= 11 is 6.31. The van der Waals surface area contributed by atoms with E-state index in [9.17, 15) is 4.79 Å². The number of piperazine rings is 1. The lowest BCUT2D eigenvalue weighted by Gasteiger charge is -2.37. The monoisotopic (exact) mass is 557 g/mol. The molecule has 6 rings (SSSR count). The van der Waals surface area contributed by atoms with Gasteiger partial charge in [-0.05, 0) is 72.7 Å². The van der Waals surface area contributed by atoms with E-state index in [4.69, 9.17) is 16.6 Å². The van der Waals surface area contributed by atoms with Crippen LogP contribution in [0.25, 0.3) is 11.1 Å². The van der Waals surface area contributed by atoms with Crippen LogP contribution in [-0.2, 0) is 6.54 Å². The van der Waals surface area contributed by atoms with E-state index in [1.807, 2.05) is 35.4 Å². The summed E-state index contributed by atoms with van der Waals surface area (Å²) in [6.07, 6.45) is 8.82. The number of aromatic nitrogens is 1. The number of anilines is 2. The average molecular weight is 558 g/mol. The fraction of sp³-hybridized carbons (Fsp3) is 0.455. The molecule has 1 amide bonds. The van der Waals surface area contributed by atoms with Crippen LogP contribution in [0.3, 0.4) is 0 Å². The zero-order valence-electron chi connectivity index (χ0n) is 23.5. The number of hydrogen-bond donors (Lipinski definition) is 1. The summed E-state index contributed by atoms with van der Waals surface area (Å²) in [6, 6.07) is 16.3. The Hall–Kier alpha value is -3.09. The third kappa shape index (κ3) is 6.13. The molecular weight excluding hydrogens is 518 g/mol. The number of benzene rings is 2. The second kappa shape index (κ2) is 12.2. The number of pyridine rings is 1. The van der Waals surface area contributed by atoms with E-state index in [1.54, 1.807) is 0 Å². The maximum absolute atomic E-state index is 13.5. The number of amides is 1. The number of halogens is 1. The van der Waals surface area contributed by atoms with Gasteiger partial charge in [-0.15, -0.1) is 0 Å². The van der Waals surface area contributed by atoms with Crippen molar-refractivity contribution in [3.8, 4) is 11.1 Å². The van der Waals surface area contributed by atoms with Crippen LogP contribution in [-0.4, -0.2) is 66.5 Å². The Labute approximate surface area is 243 Å². The maximum atomic E-state index is 13.5. The van der Waals surface area contributed by atoms with Gasteiger partial charge in [0.05, 0.1) is 5.69 Å². The van der Waals surface area contributed by atoms with Gasteiger partial charge in [0, 0.05) is 74.7 Å². The summed E-state index contributed by atoms with van der Waals surface area (Å²) in [5, 5.41) is 4.20. The van der Waals surface area contributed by atoms with Crippen LogP contribution < -0.4 is 10.2 Å². The minimum absolute atomic E-state index is 0.129. The summed E-state index contributed by atoms with van der Waals surface area (Å²) in [6.45, 7) is 9.40. The minimum atomic E-state index is 0.129. The Morgan fingerprint density at radius 1 is 0.975 bits per heavy atom. The molecule has 0 atom stereocenters. The molecule has 6 nitrogen and oxygen atoms in total. The predicted molar refractivity (Wildman–Crippen MR) is 164 cm³/mol. The Balaban J connectivity index is 1.15. The largest absolute Gasteiger partial charge is 0.367 e. The second-order valence-electron chi connectivity index (χ2n) is 11.7. The molecular formula is C33H40ClN5O. The standard InChI is InChI=1S/C33H40ClN5O/c1-24-10-11-30(34)19-29(24)23-39-13-12-35-32-31(39)20-28(21-36-32)26-8-5-9-27(18-26)33(40)38-16-14-37(15-17-38)22-25-6-3-2-4-7-25/h5,8-11,18-21,25H,2-4,6-7,12-17,22-23H2,1H3,(H,35,36). The van der Waals surface area contributed by atoms with Crippen molar-refractivity contribution in [3.63, 3.8) is 0 Å². The van der Waals surface area contributed by atoms with Gasteiger partial charge in [-0.1, -0.05) is 49.1 Å². The van der Waals surface area contributed by atoms with Crippen molar-refractivity contribution in [1.29, 1.82) is 0 Å². The van der Waals surface area contributed by atoms with Gasteiger partial charge in [-0.25, -0.2) is 4.98 Å². The predicted octanol–water partition coefficient (Wildman–Crippen LogP) is 6.48. The van der Waals surface area contributed by atoms with Crippen LogP contribution in [0.4, 0.5) is 11.5 Å². The molecule has 40 heavy (non-hydrogen) atoms. The first-order chi connectivity index (χ1) is 19.5. The second-order valence-corrected chi connectivity index (χ2v) is 12.1. The molecule has 7 heteroatoms. The summed E-state index contributed by atoms with van der Waals surface area (Å²) in [5.74, 6) is 1.87. The van der Waals surface area contributed by atoms with Crippen LogP contribution in [0.2, 0.25) is 5.02 Å².